The largest absolute Gasteiger partial charge is 0.505 e. The van der Waals surface area contributed by atoms with Crippen molar-refractivity contribution in [2.45, 2.75) is 31.5 Å². The Balaban J connectivity index is 4.97. The van der Waals surface area contributed by atoms with E-state index in [1.54, 1.807) is 42.5 Å². The van der Waals surface area contributed by atoms with Crippen LogP contribution in [0.15, 0.2) is 12.2 Å². The molecule has 1 atom stereocenters. The molecule has 23 heavy (non-hydrogen) atoms. The Morgan fingerprint density at radius 2 is 1.48 bits per heavy atom. The first-order chi connectivity index (χ1) is 10.8. The van der Waals surface area contributed by atoms with Crippen LogP contribution < -0.4 is 0 Å². The maximum Gasteiger partial charge on any atom is 0.505 e. The molecule has 0 fully saturated rings. The van der Waals surface area contributed by atoms with Crippen LogP contribution in [-0.2, 0) is 31.7 Å². The topological polar surface area (TPSA) is 72.5 Å². The van der Waals surface area contributed by atoms with Gasteiger partial charge in [0.05, 0.1) is 11.8 Å². The van der Waals surface area contributed by atoms with Gasteiger partial charge >= 0.3 is 23.3 Å². The monoisotopic (exact) mass is 366 g/mol. The maximum absolute atomic E-state index is 11.4. The molecule has 0 aliphatic carbocycles. The zero-order valence-corrected chi connectivity index (χ0v) is 17.3. The number of carbonyl (C=O) groups excluding carboxylic acids is 1. The van der Waals surface area contributed by atoms with Crippen LogP contribution in [0.5, 0.6) is 0 Å². The van der Waals surface area contributed by atoms with Gasteiger partial charge in [-0.05, 0) is 19.4 Å². The molecular weight excluding hydrogens is 336 g/mol. The van der Waals surface area contributed by atoms with Crippen LogP contribution in [-0.4, -0.2) is 65.5 Å². The Hall–Kier alpha value is -0.556. The number of hydrogen-bond acceptors (Lipinski definition) is 7. The van der Waals surface area contributed by atoms with Gasteiger partial charge in [0.1, 0.15) is 0 Å². The summed E-state index contributed by atoms with van der Waals surface area (Å²) in [5.41, 5.74) is 0.380. The lowest BCUT2D eigenvalue weighted by Gasteiger charge is -2.39. The molecule has 0 aromatic rings. The van der Waals surface area contributed by atoms with Crippen molar-refractivity contribution in [3.05, 3.63) is 12.2 Å². The van der Waals surface area contributed by atoms with Gasteiger partial charge in [0.25, 0.3) is 0 Å². The first-order valence-corrected chi connectivity index (χ1v) is 11.3. The molecule has 0 aromatic heterocycles. The van der Waals surface area contributed by atoms with Crippen molar-refractivity contribution >= 4 is 23.3 Å². The zero-order valence-electron chi connectivity index (χ0n) is 15.3. The highest BCUT2D eigenvalue weighted by atomic mass is 28.4. The van der Waals surface area contributed by atoms with Crippen LogP contribution in [0.1, 0.15) is 20.3 Å². The minimum Gasteiger partial charge on any atom is -0.462 e. The molecule has 7 nitrogen and oxygen atoms in total. The van der Waals surface area contributed by atoms with Crippen LogP contribution in [0.2, 0.25) is 11.2 Å². The number of ether oxygens (including phenoxy) is 1. The second-order valence-corrected chi connectivity index (χ2v) is 12.9. The fourth-order valence-electron chi connectivity index (χ4n) is 2.51. The van der Waals surface area contributed by atoms with E-state index in [0.29, 0.717) is 18.0 Å². The molecular formula is C14H30O7Si2. The van der Waals surface area contributed by atoms with E-state index in [1.807, 2.05) is 6.92 Å². The first kappa shape index (κ1) is 22.4. The van der Waals surface area contributed by atoms with Gasteiger partial charge in [-0.25, -0.2) is 4.79 Å². The SMILES string of the molecule is C=C(C)C(=O)OCCC[Si](OC)(OC)C(C)[Si](OC)(OC)OC. The van der Waals surface area contributed by atoms with Gasteiger partial charge < -0.3 is 26.9 Å². The fourth-order valence-corrected chi connectivity index (χ4v) is 10.8. The number of esters is 1. The van der Waals surface area contributed by atoms with E-state index in [0.717, 1.165) is 0 Å². The molecule has 0 N–H and O–H groups in total. The third kappa shape index (κ3) is 5.49. The molecule has 0 saturated heterocycles. The lowest BCUT2D eigenvalue weighted by atomic mass is 10.4. The minimum atomic E-state index is -2.91. The molecule has 9 heteroatoms. The maximum atomic E-state index is 11.4. The van der Waals surface area contributed by atoms with E-state index in [4.69, 9.17) is 26.9 Å². The smallest absolute Gasteiger partial charge is 0.462 e. The lowest BCUT2D eigenvalue weighted by molar-refractivity contribution is -0.138. The van der Waals surface area contributed by atoms with Gasteiger partial charge in [-0.15, -0.1) is 0 Å². The number of rotatable bonds is 12. The molecule has 0 rings (SSSR count). The highest BCUT2D eigenvalue weighted by molar-refractivity contribution is 6.85. The molecule has 0 spiro atoms. The second kappa shape index (κ2) is 10.3. The third-order valence-electron chi connectivity index (χ3n) is 3.99. The van der Waals surface area contributed by atoms with Crippen molar-refractivity contribution in [2.75, 3.05) is 42.2 Å². The predicted octanol–water partition coefficient (Wildman–Crippen LogP) is 2.04. The van der Waals surface area contributed by atoms with E-state index >= 15 is 0 Å². The van der Waals surface area contributed by atoms with E-state index in [-0.39, 0.29) is 11.8 Å². The molecule has 136 valence electrons. The van der Waals surface area contributed by atoms with Gasteiger partial charge in [0, 0.05) is 41.1 Å². The lowest BCUT2D eigenvalue weighted by Crippen LogP contribution is -2.59. The van der Waals surface area contributed by atoms with Gasteiger partial charge in [-0.3, -0.25) is 0 Å². The summed E-state index contributed by atoms with van der Waals surface area (Å²) in [5.74, 6) is -0.394. The molecule has 1 unspecified atom stereocenters. The van der Waals surface area contributed by atoms with E-state index in [1.165, 1.54) is 0 Å². The third-order valence-corrected chi connectivity index (χ3v) is 12.9. The van der Waals surface area contributed by atoms with Crippen molar-refractivity contribution in [3.8, 4) is 0 Å². The van der Waals surface area contributed by atoms with Crippen molar-refractivity contribution in [1.29, 1.82) is 0 Å². The van der Waals surface area contributed by atoms with Gasteiger partial charge in [-0.1, -0.05) is 13.5 Å². The summed E-state index contributed by atoms with van der Waals surface area (Å²) in [4.78, 5) is 11.4. The first-order valence-electron chi connectivity index (χ1n) is 7.37. The standard InChI is InChI=1S/C14H30O7Si2/c1-12(2)14(15)21-10-9-11-22(16-4,17-5)13(3)23(18-6,19-7)20-8/h13H,1,9-11H2,2-8H3. The average Bonchev–Trinajstić information content (AvgIpc) is 2.57. The van der Waals surface area contributed by atoms with Crippen LogP contribution in [0.25, 0.3) is 0 Å². The number of carbonyl (C=O) groups is 1. The van der Waals surface area contributed by atoms with Crippen molar-refractivity contribution in [2.24, 2.45) is 0 Å². The quantitative estimate of drug-likeness (QED) is 0.226. The molecule has 0 radical (unpaired) electrons. The van der Waals surface area contributed by atoms with E-state index in [9.17, 15) is 4.79 Å². The fraction of sp³-hybridized carbons (Fsp3) is 0.786. The van der Waals surface area contributed by atoms with Crippen LogP contribution in [0.4, 0.5) is 0 Å². The van der Waals surface area contributed by atoms with Gasteiger partial charge in [0.2, 0.25) is 0 Å². The highest BCUT2D eigenvalue weighted by Crippen LogP contribution is 2.37. The Labute approximate surface area is 141 Å². The molecule has 0 bridgehead atoms. The molecule has 0 saturated carbocycles. The van der Waals surface area contributed by atoms with Crippen LogP contribution in [0, 0.1) is 0 Å². The Bertz CT molecular complexity index is 373. The normalized spacial score (nSPS) is 13.7. The van der Waals surface area contributed by atoms with Crippen molar-refractivity contribution < 1.29 is 31.7 Å². The summed E-state index contributed by atoms with van der Waals surface area (Å²) < 4.78 is 33.3. The summed E-state index contributed by atoms with van der Waals surface area (Å²) in [6, 6.07) is 0.621. The average molecular weight is 367 g/mol. The summed E-state index contributed by atoms with van der Waals surface area (Å²) in [6.07, 6.45) is 0.610. The van der Waals surface area contributed by atoms with Crippen LogP contribution >= 0.6 is 0 Å². The van der Waals surface area contributed by atoms with Gasteiger partial charge in [0.15, 0.2) is 0 Å². The van der Waals surface area contributed by atoms with Crippen molar-refractivity contribution in [3.63, 3.8) is 0 Å². The van der Waals surface area contributed by atoms with Gasteiger partial charge in [-0.2, -0.15) is 0 Å². The molecule has 0 aliphatic rings. The zero-order chi connectivity index (χ0) is 18.1. The second-order valence-electron chi connectivity index (χ2n) is 5.18. The van der Waals surface area contributed by atoms with Crippen molar-refractivity contribution in [1.82, 2.24) is 0 Å². The number of hydrogen-bond donors (Lipinski definition) is 0. The molecule has 0 heterocycles. The Kier molecular flexibility index (Phi) is 10.1. The Morgan fingerprint density at radius 1 is 1.00 bits per heavy atom. The summed E-state index contributed by atoms with van der Waals surface area (Å²) in [5, 5.41) is -0.151. The Morgan fingerprint density at radius 3 is 1.83 bits per heavy atom. The van der Waals surface area contributed by atoms with E-state index in [2.05, 4.69) is 6.58 Å². The molecule has 0 aliphatic heterocycles. The van der Waals surface area contributed by atoms with E-state index < -0.39 is 23.3 Å². The highest BCUT2D eigenvalue weighted by Gasteiger charge is 2.58. The summed E-state index contributed by atoms with van der Waals surface area (Å²) >= 11 is 0. The molecule has 0 aromatic carbocycles. The predicted molar refractivity (Wildman–Crippen MR) is 91.2 cm³/mol. The van der Waals surface area contributed by atoms with Crippen LogP contribution in [0.3, 0.4) is 0 Å². The minimum absolute atomic E-state index is 0.151. The molecule has 0 amide bonds. The summed E-state index contributed by atoms with van der Waals surface area (Å²) in [7, 11) is 2.35. The summed E-state index contributed by atoms with van der Waals surface area (Å²) in [6.45, 7) is 7.40.